The molecule has 26 heavy (non-hydrogen) atoms. The zero-order chi connectivity index (χ0) is 18.6. The number of thioether (sulfide) groups is 1. The van der Waals surface area contributed by atoms with Crippen molar-refractivity contribution < 1.29 is 13.2 Å². The Labute approximate surface area is 166 Å². The van der Waals surface area contributed by atoms with E-state index in [2.05, 4.69) is 4.72 Å². The molecule has 3 rings (SSSR count). The Morgan fingerprint density at radius 3 is 2.62 bits per heavy atom. The lowest BCUT2D eigenvalue weighted by atomic mass is 10.1. The third-order valence-electron chi connectivity index (χ3n) is 4.12. The Kier molecular flexibility index (Phi) is 6.63. The summed E-state index contributed by atoms with van der Waals surface area (Å²) < 4.78 is 27.6. The lowest BCUT2D eigenvalue weighted by Crippen LogP contribution is -2.46. The number of sulfonamides is 1. The summed E-state index contributed by atoms with van der Waals surface area (Å²) in [6.07, 6.45) is 1.24. The molecule has 9 heteroatoms. The quantitative estimate of drug-likeness (QED) is 0.712. The van der Waals surface area contributed by atoms with Crippen LogP contribution in [0.2, 0.25) is 5.02 Å². The number of thiophene rings is 1. The van der Waals surface area contributed by atoms with Crippen molar-refractivity contribution in [3.05, 3.63) is 46.8 Å². The van der Waals surface area contributed by atoms with Crippen molar-refractivity contribution in [3.8, 4) is 0 Å². The van der Waals surface area contributed by atoms with Crippen molar-refractivity contribution in [2.24, 2.45) is 0 Å². The second-order valence-electron chi connectivity index (χ2n) is 5.93. The van der Waals surface area contributed by atoms with Crippen molar-refractivity contribution in [1.29, 1.82) is 0 Å². The molecule has 1 saturated heterocycles. The lowest BCUT2D eigenvalue weighted by Gasteiger charge is -2.32. The zero-order valence-corrected chi connectivity index (χ0v) is 17.1. The van der Waals surface area contributed by atoms with Crippen LogP contribution in [0.5, 0.6) is 0 Å². The van der Waals surface area contributed by atoms with E-state index in [1.807, 2.05) is 18.2 Å². The summed E-state index contributed by atoms with van der Waals surface area (Å²) in [5, 5.41) is 2.39. The molecule has 1 amide bonds. The summed E-state index contributed by atoms with van der Waals surface area (Å²) in [6.45, 7) is 1.11. The van der Waals surface area contributed by atoms with Crippen LogP contribution in [-0.4, -0.2) is 44.1 Å². The fourth-order valence-corrected chi connectivity index (χ4v) is 6.19. The summed E-state index contributed by atoms with van der Waals surface area (Å²) in [5.74, 6) is 0.379. The van der Waals surface area contributed by atoms with Crippen molar-refractivity contribution in [3.63, 3.8) is 0 Å². The molecule has 0 aliphatic carbocycles. The van der Waals surface area contributed by atoms with E-state index in [0.717, 1.165) is 4.90 Å². The van der Waals surface area contributed by atoms with E-state index in [0.29, 0.717) is 40.9 Å². The monoisotopic (exact) mass is 430 g/mol. The topological polar surface area (TPSA) is 66.5 Å². The second-order valence-corrected chi connectivity index (χ2v) is 10.2. The number of amides is 1. The number of hydrogen-bond acceptors (Lipinski definition) is 5. The number of carbonyl (C=O) groups excluding carboxylic acids is 1. The third kappa shape index (κ3) is 5.01. The Hall–Kier alpha value is -1.06. The molecule has 1 aliphatic rings. The van der Waals surface area contributed by atoms with Gasteiger partial charge >= 0.3 is 0 Å². The van der Waals surface area contributed by atoms with Gasteiger partial charge in [-0.2, -0.15) is 0 Å². The van der Waals surface area contributed by atoms with E-state index in [9.17, 15) is 13.2 Å². The van der Waals surface area contributed by atoms with Crippen LogP contribution in [-0.2, 0) is 14.8 Å². The van der Waals surface area contributed by atoms with Crippen LogP contribution in [0.1, 0.15) is 12.8 Å². The van der Waals surface area contributed by atoms with E-state index in [1.165, 1.54) is 23.1 Å². The number of hydrogen-bond donors (Lipinski definition) is 1. The third-order valence-corrected chi connectivity index (χ3v) is 8.54. The minimum absolute atomic E-state index is 0.0504. The average molecular weight is 431 g/mol. The molecule has 1 aliphatic heterocycles. The van der Waals surface area contributed by atoms with Gasteiger partial charge in [0.15, 0.2) is 0 Å². The van der Waals surface area contributed by atoms with E-state index >= 15 is 0 Å². The first-order chi connectivity index (χ1) is 12.5. The normalized spacial score (nSPS) is 16.0. The Bertz CT molecular complexity index is 848. The molecule has 0 atom stereocenters. The smallest absolute Gasteiger partial charge is 0.250 e. The molecule has 2 aromatic rings. The SMILES string of the molecule is O=C(CSc1ccccc1Cl)N1CCC(NS(=O)(=O)c2cccs2)CC1. The van der Waals surface area contributed by atoms with Gasteiger partial charge in [0, 0.05) is 24.0 Å². The molecule has 0 unspecified atom stereocenters. The van der Waals surface area contributed by atoms with Gasteiger partial charge in [0.1, 0.15) is 4.21 Å². The largest absolute Gasteiger partial charge is 0.342 e. The highest BCUT2D eigenvalue weighted by Gasteiger charge is 2.27. The molecule has 0 bridgehead atoms. The average Bonchev–Trinajstić information content (AvgIpc) is 3.17. The number of rotatable bonds is 6. The van der Waals surface area contributed by atoms with Gasteiger partial charge in [-0.05, 0) is 36.4 Å². The molecule has 0 radical (unpaired) electrons. The van der Waals surface area contributed by atoms with Crippen molar-refractivity contribution >= 4 is 50.6 Å². The molecule has 5 nitrogen and oxygen atoms in total. The number of likely N-dealkylation sites (tertiary alicyclic amines) is 1. The van der Waals surface area contributed by atoms with Gasteiger partial charge < -0.3 is 4.90 Å². The van der Waals surface area contributed by atoms with E-state index < -0.39 is 10.0 Å². The van der Waals surface area contributed by atoms with Crippen LogP contribution in [0.4, 0.5) is 0 Å². The van der Waals surface area contributed by atoms with Gasteiger partial charge in [0.2, 0.25) is 15.9 Å². The maximum absolute atomic E-state index is 12.4. The van der Waals surface area contributed by atoms with Gasteiger partial charge in [-0.1, -0.05) is 29.8 Å². The van der Waals surface area contributed by atoms with Gasteiger partial charge in [-0.25, -0.2) is 13.1 Å². The summed E-state index contributed by atoms with van der Waals surface area (Å²) in [6, 6.07) is 10.6. The van der Waals surface area contributed by atoms with Gasteiger partial charge in [0.25, 0.3) is 0 Å². The van der Waals surface area contributed by atoms with Crippen LogP contribution in [0.25, 0.3) is 0 Å². The van der Waals surface area contributed by atoms with Crippen LogP contribution >= 0.6 is 34.7 Å². The molecule has 140 valence electrons. The highest BCUT2D eigenvalue weighted by atomic mass is 35.5. The van der Waals surface area contributed by atoms with E-state index in [4.69, 9.17) is 11.6 Å². The highest BCUT2D eigenvalue weighted by Crippen LogP contribution is 2.27. The van der Waals surface area contributed by atoms with Gasteiger partial charge in [0.05, 0.1) is 10.8 Å². The van der Waals surface area contributed by atoms with Crippen molar-refractivity contribution in [2.45, 2.75) is 28.0 Å². The fourth-order valence-electron chi connectivity index (χ4n) is 2.73. The molecule has 0 saturated carbocycles. The lowest BCUT2D eigenvalue weighted by molar-refractivity contribution is -0.129. The van der Waals surface area contributed by atoms with Crippen LogP contribution < -0.4 is 4.72 Å². The fraction of sp³-hybridized carbons (Fsp3) is 0.353. The predicted octanol–water partition coefficient (Wildman–Crippen LogP) is 3.46. The van der Waals surface area contributed by atoms with Gasteiger partial charge in [-0.3, -0.25) is 4.79 Å². The molecule has 1 N–H and O–H groups in total. The molecular formula is C17H19ClN2O3S3. The Balaban J connectivity index is 1.47. The molecule has 0 spiro atoms. The first-order valence-electron chi connectivity index (χ1n) is 8.16. The number of nitrogens with one attached hydrogen (secondary N) is 1. The molecule has 1 fully saturated rings. The summed E-state index contributed by atoms with van der Waals surface area (Å²) in [5.41, 5.74) is 0. The number of carbonyl (C=O) groups is 1. The first kappa shape index (κ1) is 19.7. The van der Waals surface area contributed by atoms with E-state index in [1.54, 1.807) is 28.5 Å². The predicted molar refractivity (Wildman–Crippen MR) is 106 cm³/mol. The zero-order valence-electron chi connectivity index (χ0n) is 13.9. The molecule has 1 aromatic carbocycles. The molecule has 1 aromatic heterocycles. The minimum Gasteiger partial charge on any atom is -0.342 e. The van der Waals surface area contributed by atoms with Crippen LogP contribution in [0.3, 0.4) is 0 Å². The van der Waals surface area contributed by atoms with Crippen LogP contribution in [0.15, 0.2) is 50.9 Å². The standard InChI is InChI=1S/C17H19ClN2O3S3/c18-14-4-1-2-5-15(14)25-12-16(21)20-9-7-13(8-10-20)19-26(22,23)17-6-3-11-24-17/h1-6,11,13,19H,7-10,12H2. The number of benzene rings is 1. The van der Waals surface area contributed by atoms with Crippen LogP contribution in [0, 0.1) is 0 Å². The highest BCUT2D eigenvalue weighted by molar-refractivity contribution is 8.00. The Morgan fingerprint density at radius 2 is 1.96 bits per heavy atom. The summed E-state index contributed by atoms with van der Waals surface area (Å²) in [7, 11) is -3.46. The molecular weight excluding hydrogens is 412 g/mol. The van der Waals surface area contributed by atoms with Crippen molar-refractivity contribution in [2.75, 3.05) is 18.8 Å². The minimum atomic E-state index is -3.46. The van der Waals surface area contributed by atoms with Gasteiger partial charge in [-0.15, -0.1) is 23.1 Å². The van der Waals surface area contributed by atoms with E-state index in [-0.39, 0.29) is 11.9 Å². The maximum Gasteiger partial charge on any atom is 0.250 e. The summed E-state index contributed by atoms with van der Waals surface area (Å²) >= 11 is 8.73. The first-order valence-corrected chi connectivity index (χ1v) is 11.9. The molecule has 2 heterocycles. The number of halogens is 1. The number of piperidine rings is 1. The Morgan fingerprint density at radius 1 is 1.23 bits per heavy atom. The van der Waals surface area contributed by atoms with Crippen molar-refractivity contribution in [1.82, 2.24) is 9.62 Å². The summed E-state index contributed by atoms with van der Waals surface area (Å²) in [4.78, 5) is 15.1. The number of nitrogens with zero attached hydrogens (tertiary/aromatic N) is 1. The maximum atomic E-state index is 12.4. The second kappa shape index (κ2) is 8.75.